The molecule has 190 valence electrons. The van der Waals surface area contributed by atoms with Crippen LogP contribution in [0.5, 0.6) is 0 Å². The average Bonchev–Trinajstić information content (AvgIpc) is 3.02. The maximum Gasteiger partial charge on any atom is 0.314 e. The number of fused-ring (bicyclic) bond motifs is 5. The van der Waals surface area contributed by atoms with Crippen LogP contribution in [-0.4, -0.2) is 45.3 Å². The number of hydrogen-bond acceptors (Lipinski definition) is 4. The first-order valence-corrected chi connectivity index (χ1v) is 13.1. The van der Waals surface area contributed by atoms with Crippen molar-refractivity contribution in [3.8, 4) is 0 Å². The number of carbonyl (C=O) groups is 3. The van der Waals surface area contributed by atoms with Crippen molar-refractivity contribution in [1.29, 1.82) is 0 Å². The molecular weight excluding hydrogens is 428 g/mol. The molecule has 34 heavy (non-hydrogen) atoms. The van der Waals surface area contributed by atoms with Crippen LogP contribution in [0.4, 0.5) is 0 Å². The number of hydrogen-bond donors (Lipinski definition) is 2. The van der Waals surface area contributed by atoms with Gasteiger partial charge in [-0.3, -0.25) is 14.4 Å². The fraction of sp³-hybridized carbons (Fsp3) is 0.821. The van der Waals surface area contributed by atoms with Crippen molar-refractivity contribution in [2.75, 3.05) is 6.54 Å². The van der Waals surface area contributed by atoms with Crippen molar-refractivity contribution >= 4 is 17.7 Å². The minimum Gasteiger partial charge on any atom is -0.481 e. The van der Waals surface area contributed by atoms with Gasteiger partial charge < -0.3 is 15.3 Å². The highest BCUT2D eigenvalue weighted by atomic mass is 16.4. The van der Waals surface area contributed by atoms with E-state index in [1.807, 2.05) is 20.8 Å². The van der Waals surface area contributed by atoms with Crippen molar-refractivity contribution in [3.63, 3.8) is 0 Å². The minimum absolute atomic E-state index is 0.0187. The highest BCUT2D eigenvalue weighted by Gasteiger charge is 2.63. The first-order valence-electron chi connectivity index (χ1n) is 13.1. The van der Waals surface area contributed by atoms with Crippen LogP contribution in [0.3, 0.4) is 0 Å². The maximum atomic E-state index is 13.3. The zero-order valence-electron chi connectivity index (χ0n) is 22.3. The largest absolute Gasteiger partial charge is 0.481 e. The Morgan fingerprint density at radius 2 is 1.71 bits per heavy atom. The molecule has 3 aliphatic carbocycles. The van der Waals surface area contributed by atoms with Crippen molar-refractivity contribution in [1.82, 2.24) is 10.2 Å². The van der Waals surface area contributed by atoms with Gasteiger partial charge in [0.25, 0.3) is 0 Å². The zero-order chi connectivity index (χ0) is 25.4. The van der Waals surface area contributed by atoms with E-state index < -0.39 is 11.9 Å². The molecule has 0 spiro atoms. The first-order chi connectivity index (χ1) is 15.5. The van der Waals surface area contributed by atoms with E-state index in [1.165, 1.54) is 0 Å². The minimum atomic E-state index is -1.01. The number of carbonyl (C=O) groups excluding carboxylic acids is 2. The Hall–Kier alpha value is -1.85. The normalized spacial score (nSPS) is 40.1. The number of ketones is 1. The predicted octanol–water partition coefficient (Wildman–Crippen LogP) is 4.64. The molecule has 0 aromatic rings. The molecule has 1 amide bonds. The molecule has 6 heteroatoms. The van der Waals surface area contributed by atoms with E-state index in [-0.39, 0.29) is 39.5 Å². The van der Waals surface area contributed by atoms with Gasteiger partial charge in [-0.15, -0.1) is 0 Å². The summed E-state index contributed by atoms with van der Waals surface area (Å²) in [7, 11) is 0. The predicted molar refractivity (Wildman–Crippen MR) is 132 cm³/mol. The van der Waals surface area contributed by atoms with Crippen molar-refractivity contribution < 1.29 is 19.5 Å². The second-order valence-corrected chi connectivity index (χ2v) is 14.0. The number of carboxylic acids is 1. The average molecular weight is 473 g/mol. The topological polar surface area (TPSA) is 86.7 Å². The second-order valence-electron chi connectivity index (χ2n) is 14.0. The lowest BCUT2D eigenvalue weighted by Crippen LogP contribution is -2.62. The van der Waals surface area contributed by atoms with Gasteiger partial charge in [0, 0.05) is 40.7 Å². The summed E-state index contributed by atoms with van der Waals surface area (Å²) in [5, 5.41) is 13.0. The molecule has 3 fully saturated rings. The van der Waals surface area contributed by atoms with Gasteiger partial charge in [0.2, 0.25) is 5.91 Å². The Kier molecular flexibility index (Phi) is 5.81. The van der Waals surface area contributed by atoms with Crippen molar-refractivity contribution in [3.05, 3.63) is 11.8 Å². The standard InChI is InChI=1S/C28H44N2O4/c1-25(2,3)29-23(32)20-10-9-18-17-15-30(26(4,5)6)22-13-21(31)16(24(33)34)14-28(22,8)19(17)11-12-27(18,20)7/h13,16-20H,9-12,14-15H2,1-8H3,(H,29,32)(H,33,34)/t16?,17-,18-,19-,20+,27-,28+/m0/s1. The van der Waals surface area contributed by atoms with Crippen LogP contribution in [0.25, 0.3) is 0 Å². The molecule has 1 saturated heterocycles. The van der Waals surface area contributed by atoms with Crippen LogP contribution in [0.15, 0.2) is 11.8 Å². The Balaban J connectivity index is 1.72. The number of allylic oxidation sites excluding steroid dienone is 2. The number of rotatable bonds is 2. The molecule has 0 bridgehead atoms. The molecular formula is C28H44N2O4. The summed E-state index contributed by atoms with van der Waals surface area (Å²) >= 11 is 0. The van der Waals surface area contributed by atoms with E-state index in [4.69, 9.17) is 0 Å². The molecule has 4 aliphatic rings. The van der Waals surface area contributed by atoms with E-state index in [2.05, 4.69) is 44.8 Å². The summed E-state index contributed by atoms with van der Waals surface area (Å²) in [6, 6.07) is 0. The molecule has 0 radical (unpaired) electrons. The summed E-state index contributed by atoms with van der Waals surface area (Å²) < 4.78 is 0. The Labute approximate surface area is 204 Å². The summed E-state index contributed by atoms with van der Waals surface area (Å²) in [6.45, 7) is 18.1. The van der Waals surface area contributed by atoms with Gasteiger partial charge in [-0.25, -0.2) is 0 Å². The maximum absolute atomic E-state index is 13.3. The molecule has 0 aromatic heterocycles. The molecule has 6 nitrogen and oxygen atoms in total. The SMILES string of the molecule is CC(C)(C)NC(=O)[C@H]1CC[C@H]2[C@@H]3CN(C(C)(C)C)C4=CC(=O)C(C(=O)O)C[C@]4(C)[C@H]3CC[C@]12C. The van der Waals surface area contributed by atoms with Gasteiger partial charge in [0.1, 0.15) is 5.92 Å². The van der Waals surface area contributed by atoms with E-state index in [0.717, 1.165) is 37.9 Å². The number of aliphatic carboxylic acids is 1. The third-order valence-corrected chi connectivity index (χ3v) is 9.70. The Morgan fingerprint density at radius 1 is 1.06 bits per heavy atom. The van der Waals surface area contributed by atoms with Gasteiger partial charge in [-0.05, 0) is 96.8 Å². The molecule has 0 aromatic carbocycles. The van der Waals surface area contributed by atoms with Crippen molar-refractivity contribution in [2.45, 2.75) is 98.6 Å². The van der Waals surface area contributed by atoms with E-state index >= 15 is 0 Å². The van der Waals surface area contributed by atoms with Crippen LogP contribution in [0, 0.1) is 40.4 Å². The highest BCUT2D eigenvalue weighted by Crippen LogP contribution is 2.66. The summed E-state index contributed by atoms with van der Waals surface area (Å²) in [4.78, 5) is 40.5. The fourth-order valence-corrected chi connectivity index (χ4v) is 8.13. The summed E-state index contributed by atoms with van der Waals surface area (Å²) in [5.41, 5.74) is 0.218. The Bertz CT molecular complexity index is 926. The molecule has 1 unspecified atom stereocenters. The lowest BCUT2D eigenvalue weighted by molar-refractivity contribution is -0.152. The van der Waals surface area contributed by atoms with Gasteiger partial charge in [-0.2, -0.15) is 0 Å². The van der Waals surface area contributed by atoms with Crippen LogP contribution in [0.1, 0.15) is 87.5 Å². The van der Waals surface area contributed by atoms with E-state index in [1.54, 1.807) is 6.08 Å². The van der Waals surface area contributed by atoms with Gasteiger partial charge in [0.05, 0.1) is 0 Å². The summed E-state index contributed by atoms with van der Waals surface area (Å²) in [5.74, 6) is -0.905. The van der Waals surface area contributed by atoms with Crippen LogP contribution in [0.2, 0.25) is 0 Å². The molecule has 2 N–H and O–H groups in total. The number of nitrogens with zero attached hydrogens (tertiary/aromatic N) is 1. The van der Waals surface area contributed by atoms with Crippen molar-refractivity contribution in [2.24, 2.45) is 40.4 Å². The number of piperidine rings is 1. The van der Waals surface area contributed by atoms with Crippen LogP contribution < -0.4 is 5.32 Å². The smallest absolute Gasteiger partial charge is 0.314 e. The van der Waals surface area contributed by atoms with Crippen LogP contribution in [-0.2, 0) is 14.4 Å². The van der Waals surface area contributed by atoms with E-state index in [9.17, 15) is 19.5 Å². The second kappa shape index (κ2) is 7.83. The molecule has 7 atom stereocenters. The molecule has 1 aliphatic heterocycles. The quantitative estimate of drug-likeness (QED) is 0.572. The van der Waals surface area contributed by atoms with Gasteiger partial charge in [0.15, 0.2) is 5.78 Å². The summed E-state index contributed by atoms with van der Waals surface area (Å²) in [6.07, 6.45) is 5.93. The molecule has 4 rings (SSSR count). The number of carboxylic acid groups (broad SMARTS) is 1. The lowest BCUT2D eigenvalue weighted by atomic mass is 9.48. The van der Waals surface area contributed by atoms with Crippen LogP contribution >= 0.6 is 0 Å². The highest BCUT2D eigenvalue weighted by molar-refractivity contribution is 6.05. The number of amides is 1. The van der Waals surface area contributed by atoms with Gasteiger partial charge >= 0.3 is 5.97 Å². The molecule has 1 heterocycles. The fourth-order valence-electron chi connectivity index (χ4n) is 8.13. The third kappa shape index (κ3) is 3.89. The molecule has 2 saturated carbocycles. The van der Waals surface area contributed by atoms with E-state index in [0.29, 0.717) is 24.2 Å². The monoisotopic (exact) mass is 472 g/mol. The van der Waals surface area contributed by atoms with Gasteiger partial charge in [-0.1, -0.05) is 13.8 Å². The number of likely N-dealkylation sites (tertiary alicyclic amines) is 1. The first kappa shape index (κ1) is 25.2. The third-order valence-electron chi connectivity index (χ3n) is 9.70. The lowest BCUT2D eigenvalue weighted by Gasteiger charge is -2.63. The number of nitrogens with one attached hydrogen (secondary N) is 1. The Morgan fingerprint density at radius 3 is 2.26 bits per heavy atom. The zero-order valence-corrected chi connectivity index (χ0v) is 22.3.